The van der Waals surface area contributed by atoms with Crippen LogP contribution in [-0.2, 0) is 19.5 Å². The first-order chi connectivity index (χ1) is 13.2. The lowest BCUT2D eigenvalue weighted by atomic mass is 10.2. The quantitative estimate of drug-likeness (QED) is 0.445. The molecule has 0 aliphatic rings. The third-order valence-corrected chi connectivity index (χ3v) is 6.19. The Hall–Kier alpha value is -2.20. The molecule has 2 aromatic carbocycles. The van der Waals surface area contributed by atoms with Crippen molar-refractivity contribution in [2.75, 3.05) is 18.2 Å². The van der Waals surface area contributed by atoms with Gasteiger partial charge in [-0.1, -0.05) is 45.8 Å². The molecule has 28 heavy (non-hydrogen) atoms. The number of sulfone groups is 1. The number of hydrogen-bond acceptors (Lipinski definition) is 7. The Morgan fingerprint density at radius 2 is 2.00 bits per heavy atom. The van der Waals surface area contributed by atoms with E-state index in [4.69, 9.17) is 28.0 Å². The van der Waals surface area contributed by atoms with E-state index < -0.39 is 15.7 Å². The Kier molecular flexibility index (Phi) is 6.19. The lowest BCUT2D eigenvalue weighted by molar-refractivity contribution is -0.120. The van der Waals surface area contributed by atoms with Crippen LogP contribution in [0, 0.1) is 0 Å². The number of carbonyl (C=O) groups excluding carboxylic acids is 1. The molecule has 11 heteroatoms. The number of oxime groups is 1. The Labute approximate surface area is 174 Å². The topological polar surface area (TPSA) is 97.7 Å². The zero-order chi connectivity index (χ0) is 20.3. The Balaban J connectivity index is 1.61. The first-order valence-electron chi connectivity index (χ1n) is 7.74. The second-order valence-electron chi connectivity index (χ2n) is 5.61. The average Bonchev–Trinajstić information content (AvgIpc) is 3.01. The van der Waals surface area contributed by atoms with Crippen LogP contribution in [0.2, 0.25) is 10.0 Å². The second kappa shape index (κ2) is 8.44. The molecular weight excluding hydrogens is 445 g/mol. The third-order valence-electron chi connectivity index (χ3n) is 3.49. The Morgan fingerprint density at radius 3 is 2.68 bits per heavy atom. The number of nitrogens with zero attached hydrogens (tertiary/aromatic N) is 2. The summed E-state index contributed by atoms with van der Waals surface area (Å²) in [6.45, 7) is -0.344. The number of hydrogen-bond donors (Lipinski definition) is 1. The van der Waals surface area contributed by atoms with Crippen molar-refractivity contribution < 1.29 is 18.0 Å². The van der Waals surface area contributed by atoms with Crippen LogP contribution in [0.1, 0.15) is 5.56 Å². The van der Waals surface area contributed by atoms with Gasteiger partial charge in [-0.25, -0.2) is 13.4 Å². The van der Waals surface area contributed by atoms with Crippen LogP contribution < -0.4 is 5.32 Å². The van der Waals surface area contributed by atoms with E-state index in [1.54, 1.807) is 24.3 Å². The van der Waals surface area contributed by atoms with E-state index in [1.165, 1.54) is 18.3 Å². The second-order valence-corrected chi connectivity index (χ2v) is 9.47. The minimum Gasteiger partial charge on any atom is -0.386 e. The zero-order valence-electron chi connectivity index (χ0n) is 14.3. The van der Waals surface area contributed by atoms with Crippen LogP contribution in [-0.4, -0.2) is 38.4 Å². The molecule has 146 valence electrons. The van der Waals surface area contributed by atoms with Gasteiger partial charge in [0.05, 0.1) is 31.4 Å². The normalized spacial score (nSPS) is 11.8. The molecule has 3 rings (SSSR count). The molecule has 7 nitrogen and oxygen atoms in total. The lowest BCUT2D eigenvalue weighted by Crippen LogP contribution is -2.16. The summed E-state index contributed by atoms with van der Waals surface area (Å²) >= 11 is 13.2. The number of benzene rings is 2. The standard InChI is InChI=1S/C17H13Cl2N3O4S2/c1-28(24,25)10-5-6-14-15(7-10)27-17(21-14)22-16(23)9-26-20-8-11-12(18)3-2-4-13(11)19/h2-8H,9H2,1H3,(H,21,22,23)/b20-8+. The van der Waals surface area contributed by atoms with Gasteiger partial charge in [0.2, 0.25) is 0 Å². The molecule has 0 aliphatic heterocycles. The van der Waals surface area contributed by atoms with Crippen molar-refractivity contribution in [3.63, 3.8) is 0 Å². The minimum absolute atomic E-state index is 0.192. The summed E-state index contributed by atoms with van der Waals surface area (Å²) in [5, 5.41) is 7.41. The van der Waals surface area contributed by atoms with Crippen molar-refractivity contribution in [2.24, 2.45) is 5.16 Å². The Bertz CT molecular complexity index is 1160. The van der Waals surface area contributed by atoms with Crippen molar-refractivity contribution in [3.8, 4) is 0 Å². The molecule has 3 aromatic rings. The summed E-state index contributed by atoms with van der Waals surface area (Å²) in [6, 6.07) is 9.60. The predicted molar refractivity (Wildman–Crippen MR) is 111 cm³/mol. The van der Waals surface area contributed by atoms with Gasteiger partial charge in [-0.2, -0.15) is 0 Å². The number of rotatable bonds is 6. The molecule has 1 amide bonds. The molecule has 0 saturated heterocycles. The molecule has 0 spiro atoms. The van der Waals surface area contributed by atoms with Crippen molar-refractivity contribution in [2.45, 2.75) is 4.90 Å². The fourth-order valence-corrected chi connectivity index (χ4v) is 4.30. The number of anilines is 1. The Morgan fingerprint density at radius 1 is 1.29 bits per heavy atom. The van der Waals surface area contributed by atoms with Crippen LogP contribution >= 0.6 is 34.5 Å². The molecule has 0 saturated carbocycles. The first-order valence-corrected chi connectivity index (χ1v) is 11.2. The van der Waals surface area contributed by atoms with E-state index in [-0.39, 0.29) is 11.5 Å². The fourth-order valence-electron chi connectivity index (χ4n) is 2.16. The summed E-state index contributed by atoms with van der Waals surface area (Å²) in [7, 11) is -3.32. The number of aromatic nitrogens is 1. The maximum Gasteiger partial charge on any atom is 0.266 e. The molecule has 0 aliphatic carbocycles. The molecule has 0 atom stereocenters. The molecule has 0 bridgehead atoms. The first kappa shape index (κ1) is 20.5. The zero-order valence-corrected chi connectivity index (χ0v) is 17.5. The van der Waals surface area contributed by atoms with Gasteiger partial charge in [-0.3, -0.25) is 10.1 Å². The lowest BCUT2D eigenvalue weighted by Gasteiger charge is -2.01. The van der Waals surface area contributed by atoms with E-state index in [0.29, 0.717) is 31.0 Å². The van der Waals surface area contributed by atoms with Crippen LogP contribution in [0.4, 0.5) is 5.13 Å². The number of thiazole rings is 1. The van der Waals surface area contributed by atoms with Gasteiger partial charge in [-0.05, 0) is 30.3 Å². The van der Waals surface area contributed by atoms with Crippen molar-refractivity contribution in [3.05, 3.63) is 52.0 Å². The summed E-state index contributed by atoms with van der Waals surface area (Å²) in [5.41, 5.74) is 1.07. The van der Waals surface area contributed by atoms with Gasteiger partial charge in [0.25, 0.3) is 5.91 Å². The van der Waals surface area contributed by atoms with Gasteiger partial charge in [0.1, 0.15) is 0 Å². The highest BCUT2D eigenvalue weighted by Gasteiger charge is 2.12. The summed E-state index contributed by atoms with van der Waals surface area (Å²) in [5.74, 6) is -0.468. The molecular formula is C17H13Cl2N3O4S2. The monoisotopic (exact) mass is 457 g/mol. The number of carbonyl (C=O) groups is 1. The molecule has 0 radical (unpaired) electrons. The molecule has 1 heterocycles. The number of amides is 1. The van der Waals surface area contributed by atoms with E-state index in [1.807, 2.05) is 0 Å². The smallest absolute Gasteiger partial charge is 0.266 e. The van der Waals surface area contributed by atoms with E-state index in [2.05, 4.69) is 15.5 Å². The van der Waals surface area contributed by atoms with Gasteiger partial charge < -0.3 is 4.84 Å². The van der Waals surface area contributed by atoms with Gasteiger partial charge in [0, 0.05) is 11.8 Å². The van der Waals surface area contributed by atoms with Crippen LogP contribution in [0.25, 0.3) is 10.2 Å². The van der Waals surface area contributed by atoms with Crippen LogP contribution in [0.5, 0.6) is 0 Å². The maximum absolute atomic E-state index is 12.0. The summed E-state index contributed by atoms with van der Waals surface area (Å²) < 4.78 is 23.9. The highest BCUT2D eigenvalue weighted by atomic mass is 35.5. The molecule has 1 aromatic heterocycles. The fraction of sp³-hybridized carbons (Fsp3) is 0.118. The van der Waals surface area contributed by atoms with Crippen molar-refractivity contribution in [1.29, 1.82) is 0 Å². The number of nitrogens with one attached hydrogen (secondary N) is 1. The highest BCUT2D eigenvalue weighted by molar-refractivity contribution is 7.90. The highest BCUT2D eigenvalue weighted by Crippen LogP contribution is 2.28. The third kappa shape index (κ3) is 4.99. The SMILES string of the molecule is CS(=O)(=O)c1ccc2nc(NC(=O)CO/N=C/c3c(Cl)cccc3Cl)sc2c1. The van der Waals surface area contributed by atoms with Crippen molar-refractivity contribution in [1.82, 2.24) is 4.98 Å². The van der Waals surface area contributed by atoms with E-state index >= 15 is 0 Å². The molecule has 0 fully saturated rings. The predicted octanol–water partition coefficient (Wildman–Crippen LogP) is 4.00. The van der Waals surface area contributed by atoms with Crippen LogP contribution in [0.15, 0.2) is 46.4 Å². The van der Waals surface area contributed by atoms with Gasteiger partial charge in [0.15, 0.2) is 21.6 Å². The minimum atomic E-state index is -3.32. The van der Waals surface area contributed by atoms with Crippen molar-refractivity contribution >= 4 is 71.8 Å². The molecule has 0 unspecified atom stereocenters. The number of halogens is 2. The van der Waals surface area contributed by atoms with Gasteiger partial charge in [-0.15, -0.1) is 0 Å². The summed E-state index contributed by atoms with van der Waals surface area (Å²) in [6.07, 6.45) is 2.45. The van der Waals surface area contributed by atoms with E-state index in [0.717, 1.165) is 17.6 Å². The largest absolute Gasteiger partial charge is 0.386 e. The average molecular weight is 458 g/mol. The number of fused-ring (bicyclic) bond motifs is 1. The van der Waals surface area contributed by atoms with E-state index in [9.17, 15) is 13.2 Å². The maximum atomic E-state index is 12.0. The summed E-state index contributed by atoms with van der Waals surface area (Å²) in [4.78, 5) is 21.4. The molecule has 1 N–H and O–H groups in total. The van der Waals surface area contributed by atoms with Crippen LogP contribution in [0.3, 0.4) is 0 Å². The van der Waals surface area contributed by atoms with Gasteiger partial charge >= 0.3 is 0 Å².